The molecule has 1 atom stereocenters. The molecule has 0 bridgehead atoms. The summed E-state index contributed by atoms with van der Waals surface area (Å²) in [6.45, 7) is 3.37. The van der Waals surface area contributed by atoms with E-state index in [-0.39, 0.29) is 17.4 Å². The number of aryl methyl sites for hydroxylation is 1. The summed E-state index contributed by atoms with van der Waals surface area (Å²) >= 11 is 0. The van der Waals surface area contributed by atoms with Gasteiger partial charge in [0.2, 0.25) is 0 Å². The van der Waals surface area contributed by atoms with Crippen molar-refractivity contribution < 1.29 is 19.7 Å². The number of phenols is 1. The number of hydrogen-bond acceptors (Lipinski definition) is 4. The fraction of sp³-hybridized carbons (Fsp3) is 0.417. The molecule has 0 amide bonds. The molecule has 5 heteroatoms. The molecule has 1 aliphatic heterocycles. The molecule has 0 unspecified atom stereocenters. The van der Waals surface area contributed by atoms with Gasteiger partial charge < -0.3 is 20.3 Å². The Morgan fingerprint density at radius 2 is 2.29 bits per heavy atom. The predicted molar refractivity (Wildman–Crippen MR) is 61.4 cm³/mol. The Bertz CT molecular complexity index is 438. The number of nitrogens with one attached hydrogen (secondary N) is 1. The van der Waals surface area contributed by atoms with Gasteiger partial charge in [0.1, 0.15) is 5.75 Å². The Morgan fingerprint density at radius 3 is 2.88 bits per heavy atom. The van der Waals surface area contributed by atoms with Crippen LogP contribution in [0, 0.1) is 6.92 Å². The Kier molecular flexibility index (Phi) is 3.31. The van der Waals surface area contributed by atoms with Gasteiger partial charge >= 0.3 is 5.97 Å². The van der Waals surface area contributed by atoms with Crippen LogP contribution in [0.15, 0.2) is 12.1 Å². The normalized spacial score (nSPS) is 20.2. The topological polar surface area (TPSA) is 78.8 Å². The zero-order valence-corrected chi connectivity index (χ0v) is 9.56. The van der Waals surface area contributed by atoms with Gasteiger partial charge in [0.05, 0.1) is 24.8 Å². The molecular weight excluding hydrogens is 222 g/mol. The Labute approximate surface area is 99.0 Å². The van der Waals surface area contributed by atoms with Crippen molar-refractivity contribution in [3.8, 4) is 5.75 Å². The molecule has 1 heterocycles. The van der Waals surface area contributed by atoms with E-state index in [2.05, 4.69) is 5.32 Å². The van der Waals surface area contributed by atoms with E-state index in [1.807, 2.05) is 0 Å². The van der Waals surface area contributed by atoms with Crippen molar-refractivity contribution in [3.05, 3.63) is 28.8 Å². The standard InChI is InChI=1S/C12H15NO4/c1-7-2-3-8(12(15)16)10(11(7)14)9-6-17-5-4-13-9/h2-3,9,13-14H,4-6H2,1H3,(H,15,16)/t9-/m0/s1. The summed E-state index contributed by atoms with van der Waals surface area (Å²) < 4.78 is 5.30. The second-order valence-electron chi connectivity index (χ2n) is 4.08. The molecule has 3 N–H and O–H groups in total. The first-order valence-electron chi connectivity index (χ1n) is 5.48. The van der Waals surface area contributed by atoms with Crippen molar-refractivity contribution in [2.45, 2.75) is 13.0 Å². The van der Waals surface area contributed by atoms with Crippen LogP contribution in [0.25, 0.3) is 0 Å². The van der Waals surface area contributed by atoms with Gasteiger partial charge in [-0.3, -0.25) is 0 Å². The molecule has 92 valence electrons. The first kappa shape index (κ1) is 11.9. The highest BCUT2D eigenvalue weighted by atomic mass is 16.5. The maximum atomic E-state index is 11.1. The molecule has 0 radical (unpaired) electrons. The second-order valence-corrected chi connectivity index (χ2v) is 4.08. The zero-order valence-electron chi connectivity index (χ0n) is 9.56. The number of carboxylic acid groups (broad SMARTS) is 1. The van der Waals surface area contributed by atoms with E-state index >= 15 is 0 Å². The third kappa shape index (κ3) is 2.25. The van der Waals surface area contributed by atoms with Crippen LogP contribution in [-0.2, 0) is 4.74 Å². The Hall–Kier alpha value is -1.59. The van der Waals surface area contributed by atoms with Crippen LogP contribution < -0.4 is 5.32 Å². The number of aromatic hydroxyl groups is 1. The summed E-state index contributed by atoms with van der Waals surface area (Å²) in [6.07, 6.45) is 0. The summed E-state index contributed by atoms with van der Waals surface area (Å²) in [4.78, 5) is 11.1. The number of carboxylic acids is 1. The first-order valence-corrected chi connectivity index (χ1v) is 5.48. The zero-order chi connectivity index (χ0) is 12.4. The second kappa shape index (κ2) is 4.73. The lowest BCUT2D eigenvalue weighted by Crippen LogP contribution is -2.35. The summed E-state index contributed by atoms with van der Waals surface area (Å²) in [6, 6.07) is 2.85. The SMILES string of the molecule is Cc1ccc(C(=O)O)c([C@@H]2COCCN2)c1O. The molecule has 1 aromatic carbocycles. The van der Waals surface area contributed by atoms with Crippen LogP contribution in [0.4, 0.5) is 0 Å². The van der Waals surface area contributed by atoms with Gasteiger partial charge in [0.25, 0.3) is 0 Å². The third-order valence-corrected chi connectivity index (χ3v) is 2.92. The van der Waals surface area contributed by atoms with Gasteiger partial charge in [-0.1, -0.05) is 6.07 Å². The lowest BCUT2D eigenvalue weighted by molar-refractivity contribution is 0.0669. The van der Waals surface area contributed by atoms with Crippen LogP contribution in [-0.4, -0.2) is 35.9 Å². The minimum atomic E-state index is -1.04. The number of aromatic carboxylic acids is 1. The fourth-order valence-corrected chi connectivity index (χ4v) is 2.01. The van der Waals surface area contributed by atoms with Crippen molar-refractivity contribution in [1.29, 1.82) is 0 Å². The van der Waals surface area contributed by atoms with Gasteiger partial charge in [0.15, 0.2) is 0 Å². The van der Waals surface area contributed by atoms with Gasteiger partial charge in [0, 0.05) is 12.1 Å². The predicted octanol–water partition coefficient (Wildman–Crippen LogP) is 1.06. The number of rotatable bonds is 2. The average molecular weight is 237 g/mol. The van der Waals surface area contributed by atoms with E-state index in [0.29, 0.717) is 30.9 Å². The summed E-state index contributed by atoms with van der Waals surface area (Å²) in [7, 11) is 0. The highest BCUT2D eigenvalue weighted by Gasteiger charge is 2.25. The molecular formula is C12H15NO4. The van der Waals surface area contributed by atoms with Gasteiger partial charge in [-0.15, -0.1) is 0 Å². The Balaban J connectivity index is 2.48. The molecule has 1 aliphatic rings. The number of carbonyl (C=O) groups is 1. The molecule has 0 spiro atoms. The van der Waals surface area contributed by atoms with Crippen molar-refractivity contribution in [2.75, 3.05) is 19.8 Å². The number of hydrogen-bond donors (Lipinski definition) is 3. The number of ether oxygens (including phenoxy) is 1. The molecule has 1 aromatic rings. The van der Waals surface area contributed by atoms with E-state index in [1.165, 1.54) is 6.07 Å². The molecule has 1 fully saturated rings. The van der Waals surface area contributed by atoms with Crippen LogP contribution >= 0.6 is 0 Å². The molecule has 17 heavy (non-hydrogen) atoms. The number of phenolic OH excluding ortho intramolecular Hbond substituents is 1. The summed E-state index contributed by atoms with van der Waals surface area (Å²) in [5, 5.41) is 22.3. The van der Waals surface area contributed by atoms with Gasteiger partial charge in [-0.25, -0.2) is 4.79 Å². The third-order valence-electron chi connectivity index (χ3n) is 2.92. The van der Waals surface area contributed by atoms with E-state index < -0.39 is 5.97 Å². The van der Waals surface area contributed by atoms with Crippen molar-refractivity contribution in [2.24, 2.45) is 0 Å². The summed E-state index contributed by atoms with van der Waals surface area (Å²) in [5.41, 5.74) is 1.20. The minimum Gasteiger partial charge on any atom is -0.507 e. The Morgan fingerprint density at radius 1 is 1.53 bits per heavy atom. The van der Waals surface area contributed by atoms with E-state index in [4.69, 9.17) is 9.84 Å². The monoisotopic (exact) mass is 237 g/mol. The van der Waals surface area contributed by atoms with Gasteiger partial charge in [-0.05, 0) is 18.6 Å². The largest absolute Gasteiger partial charge is 0.507 e. The first-order chi connectivity index (χ1) is 8.11. The van der Waals surface area contributed by atoms with E-state index in [0.717, 1.165) is 0 Å². The number of morpholine rings is 1. The molecule has 0 saturated carbocycles. The molecule has 2 rings (SSSR count). The van der Waals surface area contributed by atoms with E-state index in [9.17, 15) is 9.90 Å². The van der Waals surface area contributed by atoms with Crippen LogP contribution in [0.5, 0.6) is 5.75 Å². The smallest absolute Gasteiger partial charge is 0.336 e. The van der Waals surface area contributed by atoms with Crippen molar-refractivity contribution >= 4 is 5.97 Å². The van der Waals surface area contributed by atoms with Crippen LogP contribution in [0.3, 0.4) is 0 Å². The number of benzene rings is 1. The van der Waals surface area contributed by atoms with Crippen molar-refractivity contribution in [3.63, 3.8) is 0 Å². The molecule has 0 aromatic heterocycles. The molecule has 1 saturated heterocycles. The maximum absolute atomic E-state index is 11.1. The average Bonchev–Trinajstić information content (AvgIpc) is 2.33. The highest BCUT2D eigenvalue weighted by Crippen LogP contribution is 2.32. The van der Waals surface area contributed by atoms with Crippen LogP contribution in [0.2, 0.25) is 0 Å². The van der Waals surface area contributed by atoms with E-state index in [1.54, 1.807) is 13.0 Å². The summed E-state index contributed by atoms with van der Waals surface area (Å²) in [5.74, 6) is -1.00. The maximum Gasteiger partial charge on any atom is 0.336 e. The molecule has 5 nitrogen and oxygen atoms in total. The lowest BCUT2D eigenvalue weighted by atomic mass is 9.96. The van der Waals surface area contributed by atoms with Crippen molar-refractivity contribution in [1.82, 2.24) is 5.32 Å². The van der Waals surface area contributed by atoms with Gasteiger partial charge in [-0.2, -0.15) is 0 Å². The molecule has 0 aliphatic carbocycles. The fourth-order valence-electron chi connectivity index (χ4n) is 2.01. The quantitative estimate of drug-likeness (QED) is 0.716. The van der Waals surface area contributed by atoms with Crippen LogP contribution in [0.1, 0.15) is 27.5 Å². The highest BCUT2D eigenvalue weighted by molar-refractivity contribution is 5.90. The minimum absolute atomic E-state index is 0.0351. The lowest BCUT2D eigenvalue weighted by Gasteiger charge is -2.26.